The molecule has 0 saturated heterocycles. The van der Waals surface area contributed by atoms with Crippen molar-refractivity contribution >= 4 is 23.2 Å². The van der Waals surface area contributed by atoms with Gasteiger partial charge in [0.15, 0.2) is 0 Å². The van der Waals surface area contributed by atoms with Crippen LogP contribution in [0.15, 0.2) is 18.2 Å². The number of nitrogens with one attached hydrogen (secondary N) is 1. The van der Waals surface area contributed by atoms with E-state index in [1.165, 1.54) is 18.4 Å². The molecular weight excluding hydrogens is 241 g/mol. The van der Waals surface area contributed by atoms with E-state index in [4.69, 9.17) is 23.2 Å². The average Bonchev–Trinajstić information content (AvgIpc) is 3.04. The molecular formula is C13H17Cl2N. The van der Waals surface area contributed by atoms with Crippen molar-refractivity contribution in [1.29, 1.82) is 0 Å². The fourth-order valence-electron chi connectivity index (χ4n) is 2.09. The maximum atomic E-state index is 6.19. The molecule has 0 bridgehead atoms. The minimum Gasteiger partial charge on any atom is -0.314 e. The number of rotatable bonds is 5. The molecule has 0 radical (unpaired) electrons. The van der Waals surface area contributed by atoms with E-state index in [1.54, 1.807) is 0 Å². The summed E-state index contributed by atoms with van der Waals surface area (Å²) < 4.78 is 0. The Kier molecular flexibility index (Phi) is 4.12. The summed E-state index contributed by atoms with van der Waals surface area (Å²) in [7, 11) is 0. The zero-order chi connectivity index (χ0) is 11.5. The van der Waals surface area contributed by atoms with Crippen LogP contribution >= 0.6 is 23.2 Å². The summed E-state index contributed by atoms with van der Waals surface area (Å²) in [6.07, 6.45) is 3.71. The summed E-state index contributed by atoms with van der Waals surface area (Å²) in [4.78, 5) is 0. The van der Waals surface area contributed by atoms with Gasteiger partial charge in [0, 0.05) is 16.1 Å². The van der Waals surface area contributed by atoms with Gasteiger partial charge in [0.05, 0.1) is 0 Å². The Labute approximate surface area is 107 Å². The highest BCUT2D eigenvalue weighted by Gasteiger charge is 2.30. The van der Waals surface area contributed by atoms with Gasteiger partial charge in [-0.1, -0.05) is 36.2 Å². The van der Waals surface area contributed by atoms with Gasteiger partial charge in [-0.15, -0.1) is 0 Å². The zero-order valence-corrected chi connectivity index (χ0v) is 11.0. The second-order valence-electron chi connectivity index (χ2n) is 4.44. The molecule has 0 heterocycles. The first kappa shape index (κ1) is 12.2. The molecule has 1 aliphatic rings. The highest BCUT2D eigenvalue weighted by atomic mass is 35.5. The summed E-state index contributed by atoms with van der Waals surface area (Å²) in [6, 6.07) is 6.35. The monoisotopic (exact) mass is 257 g/mol. The lowest BCUT2D eigenvalue weighted by atomic mass is 10.0. The quantitative estimate of drug-likeness (QED) is 0.843. The van der Waals surface area contributed by atoms with Crippen molar-refractivity contribution in [3.63, 3.8) is 0 Å². The lowest BCUT2D eigenvalue weighted by molar-refractivity contribution is 0.472. The Bertz CT molecular complexity index is 361. The van der Waals surface area contributed by atoms with Gasteiger partial charge < -0.3 is 5.32 Å². The molecule has 0 spiro atoms. The van der Waals surface area contributed by atoms with Crippen LogP contribution in [-0.4, -0.2) is 12.6 Å². The normalized spacial score (nSPS) is 17.4. The average molecular weight is 258 g/mol. The van der Waals surface area contributed by atoms with Gasteiger partial charge in [-0.2, -0.15) is 0 Å². The predicted octanol–water partition coefficient (Wildman–Crippen LogP) is 3.92. The maximum Gasteiger partial charge on any atom is 0.0453 e. The van der Waals surface area contributed by atoms with Crippen molar-refractivity contribution in [3.8, 4) is 0 Å². The van der Waals surface area contributed by atoms with Crippen molar-refractivity contribution in [2.75, 3.05) is 6.54 Å². The van der Waals surface area contributed by atoms with Crippen LogP contribution < -0.4 is 5.32 Å². The Morgan fingerprint density at radius 1 is 1.38 bits per heavy atom. The molecule has 0 aliphatic heterocycles. The first-order valence-corrected chi connectivity index (χ1v) is 6.63. The van der Waals surface area contributed by atoms with Crippen molar-refractivity contribution in [1.82, 2.24) is 5.32 Å². The maximum absolute atomic E-state index is 6.19. The van der Waals surface area contributed by atoms with Crippen LogP contribution in [0.2, 0.25) is 10.0 Å². The van der Waals surface area contributed by atoms with Gasteiger partial charge in [0.2, 0.25) is 0 Å². The van der Waals surface area contributed by atoms with Crippen LogP contribution in [0.25, 0.3) is 0 Å². The van der Waals surface area contributed by atoms with Crippen LogP contribution in [0.1, 0.15) is 25.3 Å². The van der Waals surface area contributed by atoms with E-state index in [-0.39, 0.29) is 0 Å². The van der Waals surface area contributed by atoms with E-state index in [1.807, 2.05) is 18.2 Å². The number of hydrogen-bond acceptors (Lipinski definition) is 1. The molecule has 0 aromatic heterocycles. The molecule has 88 valence electrons. The van der Waals surface area contributed by atoms with Crippen molar-refractivity contribution in [2.45, 2.75) is 32.2 Å². The smallest absolute Gasteiger partial charge is 0.0453 e. The molecule has 1 unspecified atom stereocenters. The fourth-order valence-corrected chi connectivity index (χ4v) is 2.58. The highest BCUT2D eigenvalue weighted by molar-refractivity contribution is 6.35. The third-order valence-electron chi connectivity index (χ3n) is 3.11. The Morgan fingerprint density at radius 2 is 2.12 bits per heavy atom. The Balaban J connectivity index is 2.05. The van der Waals surface area contributed by atoms with Crippen LogP contribution in [0.5, 0.6) is 0 Å². The van der Waals surface area contributed by atoms with Gasteiger partial charge in [0.25, 0.3) is 0 Å². The first-order valence-electron chi connectivity index (χ1n) is 5.88. The third-order valence-corrected chi connectivity index (χ3v) is 3.70. The summed E-state index contributed by atoms with van der Waals surface area (Å²) in [5, 5.41) is 5.04. The standard InChI is InChI=1S/C13H17Cl2N/c1-2-16-13(9-3-4-9)7-10-5-6-11(14)8-12(10)15/h5-6,8-9,13,16H,2-4,7H2,1H3. The molecule has 0 amide bonds. The van der Waals surface area contributed by atoms with Crippen LogP contribution in [0, 0.1) is 5.92 Å². The minimum atomic E-state index is 0.573. The van der Waals surface area contributed by atoms with Crippen molar-refractivity contribution in [3.05, 3.63) is 33.8 Å². The zero-order valence-electron chi connectivity index (χ0n) is 9.47. The number of hydrogen-bond donors (Lipinski definition) is 1. The fraction of sp³-hybridized carbons (Fsp3) is 0.538. The molecule has 1 aromatic carbocycles. The van der Waals surface area contributed by atoms with E-state index >= 15 is 0 Å². The number of likely N-dealkylation sites (N-methyl/N-ethyl adjacent to an activating group) is 1. The van der Waals surface area contributed by atoms with E-state index in [2.05, 4.69) is 12.2 Å². The minimum absolute atomic E-state index is 0.573. The van der Waals surface area contributed by atoms with Gasteiger partial charge in [0.1, 0.15) is 0 Å². The molecule has 1 aromatic rings. The molecule has 1 saturated carbocycles. The van der Waals surface area contributed by atoms with E-state index in [9.17, 15) is 0 Å². The van der Waals surface area contributed by atoms with Crippen molar-refractivity contribution < 1.29 is 0 Å². The summed E-state index contributed by atoms with van der Waals surface area (Å²) in [5.41, 5.74) is 1.20. The topological polar surface area (TPSA) is 12.0 Å². The molecule has 1 nitrogen and oxygen atoms in total. The Hall–Kier alpha value is -0.240. The second kappa shape index (κ2) is 5.39. The van der Waals surface area contributed by atoms with Crippen molar-refractivity contribution in [2.24, 2.45) is 5.92 Å². The summed E-state index contributed by atoms with van der Waals surface area (Å²) in [6.45, 7) is 3.17. The van der Waals surface area contributed by atoms with Crippen LogP contribution in [0.4, 0.5) is 0 Å². The molecule has 1 atom stereocenters. The molecule has 16 heavy (non-hydrogen) atoms. The van der Waals surface area contributed by atoms with Gasteiger partial charge in [-0.25, -0.2) is 0 Å². The second-order valence-corrected chi connectivity index (χ2v) is 5.29. The molecule has 1 aliphatic carbocycles. The van der Waals surface area contributed by atoms with Gasteiger partial charge in [-0.05, 0) is 49.4 Å². The van der Waals surface area contributed by atoms with E-state index in [0.29, 0.717) is 11.1 Å². The SMILES string of the molecule is CCNC(Cc1ccc(Cl)cc1Cl)C1CC1. The van der Waals surface area contributed by atoms with E-state index in [0.717, 1.165) is 23.9 Å². The summed E-state index contributed by atoms with van der Waals surface area (Å²) >= 11 is 12.1. The molecule has 1 N–H and O–H groups in total. The predicted molar refractivity (Wildman–Crippen MR) is 70.4 cm³/mol. The lowest BCUT2D eigenvalue weighted by Gasteiger charge is -2.18. The number of halogens is 2. The molecule has 1 fully saturated rings. The molecule has 2 rings (SSSR count). The summed E-state index contributed by atoms with van der Waals surface area (Å²) in [5.74, 6) is 0.840. The highest BCUT2D eigenvalue weighted by Crippen LogP contribution is 2.35. The van der Waals surface area contributed by atoms with Gasteiger partial charge in [-0.3, -0.25) is 0 Å². The Morgan fingerprint density at radius 3 is 2.69 bits per heavy atom. The third kappa shape index (κ3) is 3.13. The van der Waals surface area contributed by atoms with Gasteiger partial charge >= 0.3 is 0 Å². The van der Waals surface area contributed by atoms with E-state index < -0.39 is 0 Å². The largest absolute Gasteiger partial charge is 0.314 e. The lowest BCUT2D eigenvalue weighted by Crippen LogP contribution is -2.32. The van der Waals surface area contributed by atoms with Crippen LogP contribution in [-0.2, 0) is 6.42 Å². The first-order chi connectivity index (χ1) is 7.70. The van der Waals surface area contributed by atoms with Crippen LogP contribution in [0.3, 0.4) is 0 Å². The number of benzene rings is 1. The molecule has 3 heteroatoms.